The van der Waals surface area contributed by atoms with Crippen LogP contribution >= 0.6 is 0 Å². The van der Waals surface area contributed by atoms with Gasteiger partial charge >= 0.3 is 6.09 Å². The zero-order chi connectivity index (χ0) is 22.9. The van der Waals surface area contributed by atoms with E-state index in [0.717, 1.165) is 63.7 Å². The van der Waals surface area contributed by atoms with Crippen LogP contribution in [0.15, 0.2) is 18.2 Å². The molecule has 8 nitrogen and oxygen atoms in total. The van der Waals surface area contributed by atoms with Crippen LogP contribution < -0.4 is 9.80 Å². The smallest absolute Gasteiger partial charge is 0.411 e. The van der Waals surface area contributed by atoms with E-state index >= 15 is 0 Å². The maximum absolute atomic E-state index is 13.6. The van der Waals surface area contributed by atoms with Crippen LogP contribution in [0.4, 0.5) is 16.2 Å². The summed E-state index contributed by atoms with van der Waals surface area (Å²) in [5.41, 5.74) is 1.26. The van der Waals surface area contributed by atoms with Gasteiger partial charge in [-0.3, -0.25) is 9.69 Å². The van der Waals surface area contributed by atoms with Gasteiger partial charge in [0.15, 0.2) is 0 Å². The van der Waals surface area contributed by atoms with E-state index in [2.05, 4.69) is 15.9 Å². The lowest BCUT2D eigenvalue weighted by molar-refractivity contribution is -0.139. The molecule has 1 aromatic rings. The minimum atomic E-state index is -1.05. The Morgan fingerprint density at radius 2 is 2.00 bits per heavy atom. The predicted molar refractivity (Wildman–Crippen MR) is 121 cm³/mol. The zero-order valence-corrected chi connectivity index (χ0v) is 18.7. The first-order chi connectivity index (χ1) is 15.4. The fourth-order valence-electron chi connectivity index (χ4n) is 5.77. The van der Waals surface area contributed by atoms with Crippen LogP contribution in [0.2, 0.25) is 0 Å². The molecular weight excluding hydrogens is 408 g/mol. The summed E-state index contributed by atoms with van der Waals surface area (Å²) in [6.45, 7) is 4.18. The van der Waals surface area contributed by atoms with E-state index in [-0.39, 0.29) is 18.1 Å². The van der Waals surface area contributed by atoms with Gasteiger partial charge < -0.3 is 20.0 Å². The minimum Gasteiger partial charge on any atom is -0.465 e. The fourth-order valence-corrected chi connectivity index (χ4v) is 5.77. The summed E-state index contributed by atoms with van der Waals surface area (Å²) in [6, 6.07) is 7.64. The number of aliphatic hydroxyl groups is 1. The zero-order valence-electron chi connectivity index (χ0n) is 18.7. The van der Waals surface area contributed by atoms with E-state index in [0.29, 0.717) is 24.3 Å². The van der Waals surface area contributed by atoms with Crippen molar-refractivity contribution in [1.82, 2.24) is 4.90 Å². The number of piperidine rings is 1. The van der Waals surface area contributed by atoms with E-state index in [1.807, 2.05) is 6.07 Å². The number of nitrogens with zero attached hydrogens (tertiary/aromatic N) is 4. The maximum atomic E-state index is 13.6. The Labute approximate surface area is 189 Å². The number of carboxylic acid groups (broad SMARTS) is 1. The van der Waals surface area contributed by atoms with Crippen molar-refractivity contribution in [3.8, 4) is 6.07 Å². The highest BCUT2D eigenvalue weighted by Crippen LogP contribution is 2.44. The summed E-state index contributed by atoms with van der Waals surface area (Å²) in [5, 5.41) is 29.0. The fraction of sp³-hybridized carbons (Fsp3) is 0.625. The van der Waals surface area contributed by atoms with E-state index in [9.17, 15) is 25.1 Å². The molecule has 0 aromatic heterocycles. The highest BCUT2D eigenvalue weighted by atomic mass is 16.4. The Morgan fingerprint density at radius 1 is 1.25 bits per heavy atom. The predicted octanol–water partition coefficient (Wildman–Crippen LogP) is 3.18. The Hall–Kier alpha value is -2.79. The minimum absolute atomic E-state index is 0.224. The molecule has 0 radical (unpaired) electrons. The molecule has 1 atom stereocenters. The van der Waals surface area contributed by atoms with Crippen LogP contribution in [0.25, 0.3) is 0 Å². The summed E-state index contributed by atoms with van der Waals surface area (Å²) >= 11 is 0. The highest BCUT2D eigenvalue weighted by Gasteiger charge is 2.50. The average Bonchev–Trinajstić information content (AvgIpc) is 3.09. The first-order valence-corrected chi connectivity index (χ1v) is 11.7. The lowest BCUT2D eigenvalue weighted by atomic mass is 9.78. The van der Waals surface area contributed by atoms with E-state index in [1.165, 1.54) is 4.90 Å². The van der Waals surface area contributed by atoms with Crippen LogP contribution in [0.1, 0.15) is 57.4 Å². The second-order valence-corrected chi connectivity index (χ2v) is 9.36. The lowest BCUT2D eigenvalue weighted by Gasteiger charge is -2.41. The summed E-state index contributed by atoms with van der Waals surface area (Å²) in [4.78, 5) is 30.4. The van der Waals surface area contributed by atoms with Gasteiger partial charge in [0.1, 0.15) is 6.07 Å². The molecule has 2 amide bonds. The number of amides is 2. The summed E-state index contributed by atoms with van der Waals surface area (Å²) in [5.74, 6) is 0.224. The third-order valence-corrected chi connectivity index (χ3v) is 7.53. The van der Waals surface area contributed by atoms with E-state index < -0.39 is 11.5 Å². The van der Waals surface area contributed by atoms with Crippen LogP contribution in [0.3, 0.4) is 0 Å². The van der Waals surface area contributed by atoms with Gasteiger partial charge in [-0.1, -0.05) is 0 Å². The van der Waals surface area contributed by atoms with Gasteiger partial charge in [0, 0.05) is 37.9 Å². The van der Waals surface area contributed by atoms with Gasteiger partial charge in [-0.05, 0) is 70.1 Å². The number of hydrogen-bond acceptors (Lipinski definition) is 5. The first kappa shape index (κ1) is 22.4. The van der Waals surface area contributed by atoms with Gasteiger partial charge in [-0.15, -0.1) is 0 Å². The van der Waals surface area contributed by atoms with Gasteiger partial charge in [0.05, 0.1) is 22.8 Å². The SMILES string of the molecule is CCN(C(=O)O)c1ccc(N2CCC[C@]3(CCN([C@H]4CC[C@H](O)CC4)C3=O)C2)c(C#N)c1. The van der Waals surface area contributed by atoms with Gasteiger partial charge in [-0.25, -0.2) is 4.79 Å². The number of nitriles is 1. The molecule has 3 aliphatic rings. The van der Waals surface area contributed by atoms with Crippen molar-refractivity contribution in [2.45, 2.75) is 64.0 Å². The van der Waals surface area contributed by atoms with E-state index in [4.69, 9.17) is 0 Å². The van der Waals surface area contributed by atoms with Crippen molar-refractivity contribution in [3.63, 3.8) is 0 Å². The largest absolute Gasteiger partial charge is 0.465 e. The molecule has 0 unspecified atom stereocenters. The molecule has 1 spiro atoms. The summed E-state index contributed by atoms with van der Waals surface area (Å²) in [6.07, 6.45) is 4.53. The molecule has 32 heavy (non-hydrogen) atoms. The molecule has 3 fully saturated rings. The molecule has 172 valence electrons. The Bertz CT molecular complexity index is 921. The second kappa shape index (κ2) is 8.99. The number of rotatable bonds is 4. The van der Waals surface area contributed by atoms with Crippen LogP contribution in [-0.2, 0) is 4.79 Å². The Kier molecular flexibility index (Phi) is 6.29. The first-order valence-electron chi connectivity index (χ1n) is 11.7. The number of carbonyl (C=O) groups excluding carboxylic acids is 1. The number of likely N-dealkylation sites (tertiary alicyclic amines) is 1. The number of aliphatic hydroxyl groups excluding tert-OH is 1. The summed E-state index contributed by atoms with van der Waals surface area (Å²) < 4.78 is 0. The van der Waals surface area contributed by atoms with Gasteiger partial charge in [-0.2, -0.15) is 5.26 Å². The summed E-state index contributed by atoms with van der Waals surface area (Å²) in [7, 11) is 0. The van der Waals surface area contributed by atoms with Crippen molar-refractivity contribution < 1.29 is 19.8 Å². The Balaban J connectivity index is 1.54. The van der Waals surface area contributed by atoms with E-state index in [1.54, 1.807) is 19.1 Å². The van der Waals surface area contributed by atoms with Crippen molar-refractivity contribution in [2.75, 3.05) is 36.0 Å². The molecule has 1 saturated carbocycles. The number of carbonyl (C=O) groups is 2. The topological polar surface area (TPSA) is 108 Å². The number of benzene rings is 1. The third-order valence-electron chi connectivity index (χ3n) is 7.53. The lowest BCUT2D eigenvalue weighted by Crippen LogP contribution is -2.50. The third kappa shape index (κ3) is 4.02. The molecular formula is C24H32N4O4. The van der Waals surface area contributed by atoms with Crippen molar-refractivity contribution in [1.29, 1.82) is 5.26 Å². The molecule has 2 N–H and O–H groups in total. The molecule has 1 aromatic carbocycles. The van der Waals surface area contributed by atoms with Gasteiger partial charge in [0.25, 0.3) is 0 Å². The maximum Gasteiger partial charge on any atom is 0.411 e. The highest BCUT2D eigenvalue weighted by molar-refractivity contribution is 5.88. The van der Waals surface area contributed by atoms with Crippen molar-refractivity contribution in [2.24, 2.45) is 5.41 Å². The molecule has 2 heterocycles. The molecule has 1 aliphatic carbocycles. The Morgan fingerprint density at radius 3 is 2.66 bits per heavy atom. The number of anilines is 2. The van der Waals surface area contributed by atoms with Crippen molar-refractivity contribution >= 4 is 23.4 Å². The monoisotopic (exact) mass is 440 g/mol. The molecule has 0 bridgehead atoms. The number of hydrogen-bond donors (Lipinski definition) is 2. The standard InChI is InChI=1S/C24H32N4O4/c1-2-27(23(31)32)19-6-9-21(17(14-19)15-25)26-12-3-10-24(16-26)11-13-28(22(24)30)18-4-7-20(29)8-5-18/h6,9,14,18,20,29H,2-5,7-8,10-13,16H2,1H3,(H,31,32)/t18-,20-,24-/m0/s1. The van der Waals surface area contributed by atoms with Crippen LogP contribution in [-0.4, -0.2) is 65.4 Å². The van der Waals surface area contributed by atoms with Crippen LogP contribution in [0, 0.1) is 16.7 Å². The van der Waals surface area contributed by atoms with Gasteiger partial charge in [0.2, 0.25) is 5.91 Å². The van der Waals surface area contributed by atoms with Crippen LogP contribution in [0.5, 0.6) is 0 Å². The second-order valence-electron chi connectivity index (χ2n) is 9.36. The molecule has 2 saturated heterocycles. The molecule has 2 aliphatic heterocycles. The molecule has 8 heteroatoms. The van der Waals surface area contributed by atoms with Crippen molar-refractivity contribution in [3.05, 3.63) is 23.8 Å². The average molecular weight is 441 g/mol. The quantitative estimate of drug-likeness (QED) is 0.744. The normalized spacial score (nSPS) is 28.1. The molecule has 4 rings (SSSR count).